The van der Waals surface area contributed by atoms with Crippen molar-refractivity contribution in [2.45, 2.75) is 42.7 Å². The largest absolute Gasteiger partial charge is 1.00 e. The van der Waals surface area contributed by atoms with Gasteiger partial charge in [-0.25, -0.2) is 0 Å². The molecule has 2 amide bonds. The Balaban J connectivity index is 0.00000323. The van der Waals surface area contributed by atoms with Crippen molar-refractivity contribution < 1.29 is 112 Å². The zero-order valence-corrected chi connectivity index (χ0v) is 29.4. The minimum Gasteiger partial charge on any atom is -0.809 e. The summed E-state index contributed by atoms with van der Waals surface area (Å²) in [6.07, 6.45) is -2.79. The maximum Gasteiger partial charge on any atom is 1.00 e. The number of likely N-dealkylation sites (tertiary alicyclic amines) is 1. The zero-order valence-electron chi connectivity index (χ0n) is 23.6. The second-order valence-electron chi connectivity index (χ2n) is 9.66. The maximum atomic E-state index is 12.9. The van der Waals surface area contributed by atoms with Crippen LogP contribution in [0, 0.1) is 0 Å². The van der Waals surface area contributed by atoms with Gasteiger partial charge in [0.05, 0.1) is 6.04 Å². The Bertz CT molecular complexity index is 1280. The molecule has 0 spiro atoms. The third-order valence-electron chi connectivity index (χ3n) is 6.65. The molecule has 43 heavy (non-hydrogen) atoms. The number of hydrogen-bond acceptors (Lipinski definition) is 10. The number of amides is 2. The number of carbonyl (C=O) groups excluding carboxylic acids is 3. The number of nitrogens with one attached hydrogen (secondary N) is 2. The van der Waals surface area contributed by atoms with E-state index < -0.39 is 69.4 Å². The summed E-state index contributed by atoms with van der Waals surface area (Å²) in [5.41, 5.74) is -0.797. The normalized spacial score (nSPS) is 19.7. The van der Waals surface area contributed by atoms with Crippen LogP contribution in [0.4, 0.5) is 0 Å². The Kier molecular flexibility index (Phi) is 14.7. The molecular weight excluding hydrogens is 626 g/mol. The fraction of sp³-hybridized carbons (Fsp3) is 0.400. The molecule has 0 bridgehead atoms. The van der Waals surface area contributed by atoms with E-state index in [2.05, 4.69) is 10.6 Å². The van der Waals surface area contributed by atoms with Gasteiger partial charge in [0.25, 0.3) is 11.8 Å². The van der Waals surface area contributed by atoms with Crippen LogP contribution in [0.1, 0.15) is 30.0 Å². The van der Waals surface area contributed by atoms with Gasteiger partial charge in [0, 0.05) is 13.1 Å². The number of ether oxygens (including phenoxy) is 2. The Labute approximate surface area is 292 Å². The van der Waals surface area contributed by atoms with Gasteiger partial charge in [-0.3, -0.25) is 23.8 Å². The molecule has 2 heterocycles. The van der Waals surface area contributed by atoms with E-state index in [9.17, 15) is 43.1 Å². The van der Waals surface area contributed by atoms with E-state index in [0.29, 0.717) is 0 Å². The van der Waals surface area contributed by atoms with Crippen molar-refractivity contribution in [1.82, 2.24) is 15.5 Å². The van der Waals surface area contributed by atoms with Gasteiger partial charge >= 0.3 is 72.7 Å². The molecule has 2 saturated heterocycles. The number of hydrogen-bond donors (Lipinski definition) is 4. The van der Waals surface area contributed by atoms with Gasteiger partial charge in [0.1, 0.15) is 18.2 Å². The second-order valence-corrected chi connectivity index (χ2v) is 13.3. The Hall–Kier alpha value is -0.930. The fourth-order valence-electron chi connectivity index (χ4n) is 4.69. The average Bonchev–Trinajstić information content (AvgIpc) is 3.72. The van der Waals surface area contributed by atoms with Gasteiger partial charge in [-0.15, -0.1) is 0 Å². The Morgan fingerprint density at radius 1 is 0.907 bits per heavy atom. The molecule has 4 N–H and O–H groups in total. The minimum absolute atomic E-state index is 0. The van der Waals surface area contributed by atoms with Gasteiger partial charge in [0.15, 0.2) is 12.2 Å². The quantitative estimate of drug-likeness (QED) is 0.0768. The number of epoxide rings is 1. The molecular formula is C25H29N3Na2O11P2. The van der Waals surface area contributed by atoms with Crippen molar-refractivity contribution in [3.63, 3.8) is 0 Å². The van der Waals surface area contributed by atoms with Crippen molar-refractivity contribution in [1.29, 1.82) is 0 Å². The molecule has 2 aliphatic heterocycles. The molecule has 2 aliphatic rings. The monoisotopic (exact) mass is 655 g/mol. The number of esters is 1. The van der Waals surface area contributed by atoms with E-state index in [0.717, 1.165) is 16.0 Å². The molecule has 2 fully saturated rings. The molecule has 222 valence electrons. The van der Waals surface area contributed by atoms with Crippen LogP contribution in [0.25, 0.3) is 0 Å². The van der Waals surface area contributed by atoms with Crippen LogP contribution < -0.4 is 79.5 Å². The van der Waals surface area contributed by atoms with Gasteiger partial charge < -0.3 is 44.2 Å². The number of carbonyl (C=O) groups is 3. The van der Waals surface area contributed by atoms with E-state index in [1.54, 1.807) is 0 Å². The molecule has 0 radical (unpaired) electrons. The standard InChI is InChI=1S/C25H31N3O11P2.2Na/c29-19(38-18-11-13-28(14-12-18)25(40(32,33)34)41(35,36)37)15-26-23(30)21-22(39-21)24(31)27-20(16-7-3-1-4-8-16)17-9-5-2-6-10-17;;/h1-10,18,20-22,25H,11-15H2,(H,26,30)(H,27,31)(H2,32,33,34)(H2,35,36,37);;/q;2*+1/p-2/t21-,22-;;/m0../s1. The van der Waals surface area contributed by atoms with Crippen molar-refractivity contribution >= 4 is 33.0 Å². The number of nitrogens with zero attached hydrogens (tertiary/aromatic N) is 1. The van der Waals surface area contributed by atoms with Gasteiger partial charge in [-0.05, 0) is 31.6 Å². The van der Waals surface area contributed by atoms with Gasteiger partial charge in [0.2, 0.25) is 0 Å². The predicted molar refractivity (Wildman–Crippen MR) is 139 cm³/mol. The summed E-state index contributed by atoms with van der Waals surface area (Å²) in [7, 11) is -10.9. The third-order valence-corrected chi connectivity index (χ3v) is 10.2. The van der Waals surface area contributed by atoms with Crippen molar-refractivity contribution in [3.8, 4) is 0 Å². The van der Waals surface area contributed by atoms with Gasteiger partial charge in [-0.2, -0.15) is 0 Å². The summed E-state index contributed by atoms with van der Waals surface area (Å²) in [4.78, 5) is 79.7. The van der Waals surface area contributed by atoms with Crippen molar-refractivity contribution in [3.05, 3.63) is 71.8 Å². The molecule has 0 saturated carbocycles. The van der Waals surface area contributed by atoms with Crippen LogP contribution in [0.5, 0.6) is 0 Å². The molecule has 3 atom stereocenters. The first-order chi connectivity index (χ1) is 19.3. The fourth-order valence-corrected chi connectivity index (χ4v) is 7.46. The molecule has 0 aromatic heterocycles. The summed E-state index contributed by atoms with van der Waals surface area (Å²) in [5, 5.41) is 5.25. The summed E-state index contributed by atoms with van der Waals surface area (Å²) in [6, 6.07) is 18.1. The summed E-state index contributed by atoms with van der Waals surface area (Å²) < 4.78 is 33.4. The SMILES string of the molecule is O=C(CNC(=O)[C@H]1O[C@@H]1C(=O)NC(c1ccccc1)c1ccccc1)OC1CCN(C(P(=O)([O-])[O-])P(=O)(O)O)CC1.[Na+].[Na+]. The van der Waals surface area contributed by atoms with Crippen molar-refractivity contribution in [2.24, 2.45) is 0 Å². The van der Waals surface area contributed by atoms with Crippen LogP contribution >= 0.6 is 15.2 Å². The predicted octanol–water partition coefficient (Wildman–Crippen LogP) is -6.83. The molecule has 4 rings (SSSR count). The van der Waals surface area contributed by atoms with E-state index in [1.165, 1.54) is 0 Å². The molecule has 1 unspecified atom stereocenters. The van der Waals surface area contributed by atoms with Gasteiger partial charge in [-0.1, -0.05) is 60.7 Å². The van der Waals surface area contributed by atoms with E-state index in [4.69, 9.17) is 9.47 Å². The van der Waals surface area contributed by atoms with Crippen LogP contribution in [0.15, 0.2) is 60.7 Å². The Morgan fingerprint density at radius 3 is 1.86 bits per heavy atom. The second kappa shape index (κ2) is 16.6. The number of rotatable bonds is 11. The van der Waals surface area contributed by atoms with E-state index >= 15 is 0 Å². The molecule has 18 heteroatoms. The van der Waals surface area contributed by atoms with Crippen molar-refractivity contribution in [2.75, 3.05) is 19.6 Å². The van der Waals surface area contributed by atoms with Crippen LogP contribution in [-0.2, 0) is 33.0 Å². The van der Waals surface area contributed by atoms with E-state index in [1.807, 2.05) is 60.7 Å². The summed E-state index contributed by atoms with van der Waals surface area (Å²) in [6.45, 7) is -0.923. The summed E-state index contributed by atoms with van der Waals surface area (Å²) >= 11 is 0. The molecule has 0 aliphatic carbocycles. The number of benzene rings is 2. The van der Waals surface area contributed by atoms with Crippen LogP contribution in [-0.4, -0.2) is 75.9 Å². The maximum absolute atomic E-state index is 12.9. The third kappa shape index (κ3) is 10.8. The smallest absolute Gasteiger partial charge is 0.809 e. The Morgan fingerprint density at radius 2 is 1.40 bits per heavy atom. The minimum atomic E-state index is -5.62. The topological polar surface area (TPSA) is 221 Å². The molecule has 2 aromatic rings. The van der Waals surface area contributed by atoms with Crippen LogP contribution in [0.3, 0.4) is 0 Å². The first-order valence-electron chi connectivity index (χ1n) is 12.7. The van der Waals surface area contributed by atoms with E-state index in [-0.39, 0.29) is 85.0 Å². The average molecular weight is 655 g/mol. The zero-order chi connectivity index (χ0) is 29.8. The van der Waals surface area contributed by atoms with Crippen LogP contribution in [0.2, 0.25) is 0 Å². The molecule has 14 nitrogen and oxygen atoms in total. The first-order valence-corrected chi connectivity index (χ1v) is 16.0. The summed E-state index contributed by atoms with van der Waals surface area (Å²) in [5.74, 6) is -1.98. The molecule has 2 aromatic carbocycles. The number of piperidine rings is 1. The first kappa shape index (κ1) is 38.3.